The minimum atomic E-state index is -0.400. The third kappa shape index (κ3) is 2.39. The fourth-order valence-corrected chi connectivity index (χ4v) is 3.25. The molecule has 3 aromatic rings. The predicted octanol–water partition coefficient (Wildman–Crippen LogP) is 3.55. The van der Waals surface area contributed by atoms with Crippen molar-refractivity contribution in [2.24, 2.45) is 0 Å². The summed E-state index contributed by atoms with van der Waals surface area (Å²) in [5, 5.41) is 11.6. The Morgan fingerprint density at radius 3 is 2.95 bits per heavy atom. The number of nitro benzene ring substituents is 1. The van der Waals surface area contributed by atoms with E-state index in [1.54, 1.807) is 36.8 Å². The fraction of sp³-hybridized carbons (Fsp3) is 0. The molecule has 0 saturated heterocycles. The number of aromatic nitrogens is 3. The van der Waals surface area contributed by atoms with Gasteiger partial charge in [-0.15, -0.1) is 0 Å². The Hall–Kier alpha value is -1.93. The van der Waals surface area contributed by atoms with E-state index in [1.165, 1.54) is 17.8 Å². The van der Waals surface area contributed by atoms with Gasteiger partial charge >= 0.3 is 0 Å². The van der Waals surface area contributed by atoms with Crippen LogP contribution in [0.15, 0.2) is 57.4 Å². The largest absolute Gasteiger partial charge is 0.302 e. The second kappa shape index (κ2) is 5.22. The van der Waals surface area contributed by atoms with Gasteiger partial charge < -0.3 is 4.40 Å². The third-order valence-electron chi connectivity index (χ3n) is 2.58. The molecule has 0 spiro atoms. The van der Waals surface area contributed by atoms with Crippen molar-refractivity contribution in [1.29, 1.82) is 0 Å². The maximum atomic E-state index is 11.0. The summed E-state index contributed by atoms with van der Waals surface area (Å²) in [7, 11) is 0. The standard InChI is InChI=1S/C12H7BrN4O2S/c13-10-7-16-6-5-14-11(16)12(15-10)20-9-4-2-1-3-8(9)17(18)19/h1-7H. The quantitative estimate of drug-likeness (QED) is 0.533. The van der Waals surface area contributed by atoms with Crippen LogP contribution in [0.4, 0.5) is 5.69 Å². The van der Waals surface area contributed by atoms with Crippen LogP contribution in [0.2, 0.25) is 0 Å². The summed E-state index contributed by atoms with van der Waals surface area (Å²) in [5.41, 5.74) is 0.723. The highest BCUT2D eigenvalue weighted by molar-refractivity contribution is 9.10. The minimum absolute atomic E-state index is 0.0592. The van der Waals surface area contributed by atoms with E-state index in [9.17, 15) is 10.1 Å². The van der Waals surface area contributed by atoms with Crippen molar-refractivity contribution in [2.45, 2.75) is 9.92 Å². The van der Waals surface area contributed by atoms with E-state index in [-0.39, 0.29) is 5.69 Å². The van der Waals surface area contributed by atoms with E-state index < -0.39 is 4.92 Å². The lowest BCUT2D eigenvalue weighted by molar-refractivity contribution is -0.387. The van der Waals surface area contributed by atoms with Crippen molar-refractivity contribution in [3.8, 4) is 0 Å². The summed E-state index contributed by atoms with van der Waals surface area (Å²) < 4.78 is 2.46. The van der Waals surface area contributed by atoms with Crippen molar-refractivity contribution in [3.63, 3.8) is 0 Å². The van der Waals surface area contributed by atoms with Gasteiger partial charge in [0.05, 0.1) is 9.82 Å². The lowest BCUT2D eigenvalue weighted by atomic mass is 10.3. The number of hydrogen-bond acceptors (Lipinski definition) is 5. The van der Waals surface area contributed by atoms with E-state index in [0.29, 0.717) is 20.2 Å². The molecule has 0 aliphatic heterocycles. The highest BCUT2D eigenvalue weighted by Gasteiger charge is 2.16. The van der Waals surface area contributed by atoms with Crippen molar-refractivity contribution in [2.75, 3.05) is 0 Å². The normalized spacial score (nSPS) is 10.8. The minimum Gasteiger partial charge on any atom is -0.302 e. The van der Waals surface area contributed by atoms with Gasteiger partial charge in [0.1, 0.15) is 9.63 Å². The number of halogens is 1. The highest BCUT2D eigenvalue weighted by Crippen LogP contribution is 2.35. The van der Waals surface area contributed by atoms with E-state index in [4.69, 9.17) is 0 Å². The number of fused-ring (bicyclic) bond motifs is 1. The molecule has 0 saturated carbocycles. The maximum absolute atomic E-state index is 11.0. The Labute approximate surface area is 126 Å². The monoisotopic (exact) mass is 350 g/mol. The van der Waals surface area contributed by atoms with Gasteiger partial charge in [-0.2, -0.15) is 0 Å². The summed E-state index contributed by atoms with van der Waals surface area (Å²) in [6.45, 7) is 0. The lowest BCUT2D eigenvalue weighted by Gasteiger charge is -2.04. The fourth-order valence-electron chi connectivity index (χ4n) is 1.74. The predicted molar refractivity (Wildman–Crippen MR) is 77.9 cm³/mol. The topological polar surface area (TPSA) is 73.3 Å². The molecule has 0 bridgehead atoms. The highest BCUT2D eigenvalue weighted by atomic mass is 79.9. The summed E-state index contributed by atoms with van der Waals surface area (Å²) >= 11 is 4.55. The van der Waals surface area contributed by atoms with Gasteiger partial charge in [-0.3, -0.25) is 10.1 Å². The molecule has 1 aromatic carbocycles. The number of imidazole rings is 1. The third-order valence-corrected chi connectivity index (χ3v) is 4.00. The molecule has 6 nitrogen and oxygen atoms in total. The molecule has 0 aliphatic carbocycles. The molecule has 0 radical (unpaired) electrons. The van der Waals surface area contributed by atoms with Crippen molar-refractivity contribution < 1.29 is 4.92 Å². The van der Waals surface area contributed by atoms with E-state index in [1.807, 2.05) is 4.40 Å². The van der Waals surface area contributed by atoms with Crippen LogP contribution in [-0.2, 0) is 0 Å². The first-order valence-corrected chi connectivity index (χ1v) is 7.16. The molecular formula is C12H7BrN4O2S. The molecule has 0 atom stereocenters. The van der Waals surface area contributed by atoms with Gasteiger partial charge in [0.25, 0.3) is 5.69 Å². The zero-order valence-corrected chi connectivity index (χ0v) is 12.3. The molecule has 0 amide bonds. The first kappa shape index (κ1) is 13.1. The zero-order valence-electron chi connectivity index (χ0n) is 9.93. The maximum Gasteiger partial charge on any atom is 0.283 e. The number of hydrogen-bond donors (Lipinski definition) is 0. The first-order valence-electron chi connectivity index (χ1n) is 5.55. The smallest absolute Gasteiger partial charge is 0.283 e. The summed E-state index contributed by atoms with van der Waals surface area (Å²) in [4.78, 5) is 19.7. The van der Waals surface area contributed by atoms with E-state index in [2.05, 4.69) is 25.9 Å². The Morgan fingerprint density at radius 2 is 2.15 bits per heavy atom. The van der Waals surface area contributed by atoms with Crippen molar-refractivity contribution in [1.82, 2.24) is 14.4 Å². The SMILES string of the molecule is O=[N+]([O-])c1ccccc1Sc1nc(Br)cn2ccnc12. The van der Waals surface area contributed by atoms with Crippen LogP contribution in [0, 0.1) is 10.1 Å². The number of para-hydroxylation sites is 1. The Bertz CT molecular complexity index is 805. The molecule has 0 aliphatic rings. The molecule has 3 rings (SSSR count). The van der Waals surface area contributed by atoms with Gasteiger partial charge in [-0.1, -0.05) is 23.9 Å². The van der Waals surface area contributed by atoms with Crippen LogP contribution < -0.4 is 0 Å². The second-order valence-corrected chi connectivity index (χ2v) is 5.70. The first-order chi connectivity index (χ1) is 9.65. The van der Waals surface area contributed by atoms with Crippen molar-refractivity contribution in [3.05, 3.63) is 57.6 Å². The average Bonchev–Trinajstić information content (AvgIpc) is 2.87. The molecule has 2 heterocycles. The Balaban J connectivity index is 2.10. The Kier molecular flexibility index (Phi) is 3.41. The van der Waals surface area contributed by atoms with Crippen LogP contribution in [0.5, 0.6) is 0 Å². The molecule has 2 aromatic heterocycles. The number of benzene rings is 1. The van der Waals surface area contributed by atoms with Crippen LogP contribution in [0.3, 0.4) is 0 Å². The van der Waals surface area contributed by atoms with Crippen LogP contribution in [-0.4, -0.2) is 19.3 Å². The average molecular weight is 351 g/mol. The number of rotatable bonds is 3. The van der Waals surface area contributed by atoms with Crippen LogP contribution in [0.25, 0.3) is 5.65 Å². The number of nitrogens with zero attached hydrogens (tertiary/aromatic N) is 4. The van der Waals surface area contributed by atoms with Gasteiger partial charge in [-0.25, -0.2) is 9.97 Å². The number of nitro groups is 1. The van der Waals surface area contributed by atoms with Gasteiger partial charge in [-0.05, 0) is 22.0 Å². The molecule has 0 N–H and O–H groups in total. The molecule has 20 heavy (non-hydrogen) atoms. The van der Waals surface area contributed by atoms with Crippen LogP contribution >= 0.6 is 27.7 Å². The molecule has 0 fully saturated rings. The van der Waals surface area contributed by atoms with E-state index >= 15 is 0 Å². The Morgan fingerprint density at radius 1 is 1.35 bits per heavy atom. The van der Waals surface area contributed by atoms with Gasteiger partial charge in [0, 0.05) is 24.7 Å². The lowest BCUT2D eigenvalue weighted by Crippen LogP contribution is -1.94. The van der Waals surface area contributed by atoms with Crippen LogP contribution in [0.1, 0.15) is 0 Å². The van der Waals surface area contributed by atoms with Gasteiger partial charge in [0.2, 0.25) is 0 Å². The van der Waals surface area contributed by atoms with E-state index in [0.717, 1.165) is 0 Å². The summed E-state index contributed by atoms with van der Waals surface area (Å²) in [6.07, 6.45) is 5.24. The molecule has 100 valence electrons. The molecule has 0 unspecified atom stereocenters. The molecule has 8 heteroatoms. The molecular weight excluding hydrogens is 344 g/mol. The summed E-state index contributed by atoms with van der Waals surface area (Å²) in [6, 6.07) is 6.58. The summed E-state index contributed by atoms with van der Waals surface area (Å²) in [5.74, 6) is 0. The van der Waals surface area contributed by atoms with Crippen molar-refractivity contribution >= 4 is 39.0 Å². The van der Waals surface area contributed by atoms with Gasteiger partial charge in [0.15, 0.2) is 5.65 Å². The zero-order chi connectivity index (χ0) is 14.1. The second-order valence-electron chi connectivity index (χ2n) is 3.85.